The number of aliphatic carboxylic acids is 1. The number of aliphatic hydroxyl groups is 1. The van der Waals surface area contributed by atoms with Gasteiger partial charge in [0.2, 0.25) is 17.7 Å². The molecule has 0 aromatic rings. The molecule has 0 aliphatic carbocycles. The largest absolute Gasteiger partial charge is 0.480 e. The summed E-state index contributed by atoms with van der Waals surface area (Å²) >= 11 is 0. The number of hydrogen-bond acceptors (Lipinski definition) is 7. The molecule has 0 aromatic heterocycles. The van der Waals surface area contributed by atoms with Crippen LogP contribution in [-0.4, -0.2) is 94.1 Å². The van der Waals surface area contributed by atoms with E-state index in [-0.39, 0.29) is 0 Å². The minimum Gasteiger partial charge on any atom is -0.480 e. The van der Waals surface area contributed by atoms with E-state index < -0.39 is 54.5 Å². The van der Waals surface area contributed by atoms with E-state index in [1.165, 1.54) is 9.80 Å². The molecule has 0 aromatic carbocycles. The van der Waals surface area contributed by atoms with Gasteiger partial charge in [-0.15, -0.1) is 0 Å². The van der Waals surface area contributed by atoms with Crippen LogP contribution in [0.2, 0.25) is 0 Å². The Balaban J connectivity index is 2.01. The van der Waals surface area contributed by atoms with Crippen molar-refractivity contribution in [3.05, 3.63) is 0 Å². The predicted molar refractivity (Wildman–Crippen MR) is 107 cm³/mol. The molecule has 2 heterocycles. The molecule has 0 radical (unpaired) electrons. The fourth-order valence-corrected chi connectivity index (χ4v) is 4.07. The van der Waals surface area contributed by atoms with Gasteiger partial charge in [-0.2, -0.15) is 0 Å². The van der Waals surface area contributed by atoms with Crippen LogP contribution in [0.25, 0.3) is 0 Å². The van der Waals surface area contributed by atoms with Crippen LogP contribution < -0.4 is 16.8 Å². The van der Waals surface area contributed by atoms with Gasteiger partial charge in [0, 0.05) is 13.1 Å². The van der Waals surface area contributed by atoms with Gasteiger partial charge in [0.1, 0.15) is 18.1 Å². The number of nitrogens with zero attached hydrogens (tertiary/aromatic N) is 2. The number of hydrogen-bond donors (Lipinski definition) is 5. The number of amides is 3. The van der Waals surface area contributed by atoms with Crippen LogP contribution in [-0.2, 0) is 19.2 Å². The number of likely N-dealkylation sites (tertiary alicyclic amines) is 2. The van der Waals surface area contributed by atoms with Crippen LogP contribution in [0.15, 0.2) is 0 Å². The molecule has 2 rings (SSSR count). The molecule has 2 saturated heterocycles. The molecule has 7 N–H and O–H groups in total. The van der Waals surface area contributed by atoms with Crippen molar-refractivity contribution in [3.63, 3.8) is 0 Å². The lowest BCUT2D eigenvalue weighted by molar-refractivity contribution is -0.152. The summed E-state index contributed by atoms with van der Waals surface area (Å²) in [5.74, 6) is -2.57. The van der Waals surface area contributed by atoms with Gasteiger partial charge < -0.3 is 36.8 Å². The van der Waals surface area contributed by atoms with Crippen molar-refractivity contribution in [2.24, 2.45) is 11.5 Å². The molecule has 30 heavy (non-hydrogen) atoms. The van der Waals surface area contributed by atoms with Crippen LogP contribution in [0.1, 0.15) is 44.9 Å². The Labute approximate surface area is 175 Å². The van der Waals surface area contributed by atoms with E-state index in [9.17, 15) is 29.4 Å². The fraction of sp³-hybridized carbons (Fsp3) is 0.789. The molecule has 0 saturated carbocycles. The number of carboxylic acid groups (broad SMARTS) is 1. The van der Waals surface area contributed by atoms with Crippen LogP contribution in [0.4, 0.5) is 0 Å². The third-order valence-electron chi connectivity index (χ3n) is 5.75. The zero-order chi connectivity index (χ0) is 22.3. The van der Waals surface area contributed by atoms with E-state index in [0.717, 1.165) is 6.42 Å². The minimum absolute atomic E-state index is 0.301. The van der Waals surface area contributed by atoms with Gasteiger partial charge in [0.25, 0.3) is 0 Å². The standard InChI is InChI=1S/C19H33N5O6/c20-8-2-1-5-12(21)16(26)22-13(11-25)17(27)23-9-3-6-14(23)18(28)24-10-4-7-15(24)19(29)30/h12-15,25H,1-11,20-21H2,(H,22,26)(H,29,30)/t12-,13-,14-,15-/m0/s1. The molecule has 0 bridgehead atoms. The summed E-state index contributed by atoms with van der Waals surface area (Å²) in [5.41, 5.74) is 11.3. The number of aliphatic hydroxyl groups excluding tert-OH is 1. The predicted octanol–water partition coefficient (Wildman–Crippen LogP) is -2.01. The van der Waals surface area contributed by atoms with E-state index >= 15 is 0 Å². The van der Waals surface area contributed by atoms with Gasteiger partial charge in [-0.25, -0.2) is 4.79 Å². The Morgan fingerprint density at radius 3 is 2.27 bits per heavy atom. The van der Waals surface area contributed by atoms with Crippen molar-refractivity contribution in [2.45, 2.75) is 69.1 Å². The highest BCUT2D eigenvalue weighted by molar-refractivity contribution is 5.94. The number of nitrogens with one attached hydrogen (secondary N) is 1. The number of rotatable bonds is 10. The minimum atomic E-state index is -1.21. The fourth-order valence-electron chi connectivity index (χ4n) is 4.07. The summed E-state index contributed by atoms with van der Waals surface area (Å²) in [5, 5.41) is 21.5. The third kappa shape index (κ3) is 5.67. The summed E-state index contributed by atoms with van der Waals surface area (Å²) < 4.78 is 0. The van der Waals surface area contributed by atoms with E-state index in [1.807, 2.05) is 0 Å². The Hall–Kier alpha value is -2.24. The summed E-state index contributed by atoms with van der Waals surface area (Å²) in [6, 6.07) is -3.70. The van der Waals surface area contributed by atoms with Gasteiger partial charge in [-0.05, 0) is 45.1 Å². The summed E-state index contributed by atoms with van der Waals surface area (Å²) in [7, 11) is 0. The zero-order valence-electron chi connectivity index (χ0n) is 17.2. The van der Waals surface area contributed by atoms with Crippen molar-refractivity contribution in [1.82, 2.24) is 15.1 Å². The summed E-state index contributed by atoms with van der Waals surface area (Å²) in [6.45, 7) is 0.511. The molecule has 4 atom stereocenters. The average Bonchev–Trinajstić information content (AvgIpc) is 3.40. The molecule has 0 spiro atoms. The molecule has 170 valence electrons. The van der Waals surface area contributed by atoms with Crippen LogP contribution in [0.3, 0.4) is 0 Å². The van der Waals surface area contributed by atoms with E-state index in [4.69, 9.17) is 11.5 Å². The van der Waals surface area contributed by atoms with E-state index in [0.29, 0.717) is 58.2 Å². The Morgan fingerprint density at radius 2 is 1.67 bits per heavy atom. The number of carbonyl (C=O) groups is 4. The van der Waals surface area contributed by atoms with Crippen LogP contribution in [0, 0.1) is 0 Å². The highest BCUT2D eigenvalue weighted by atomic mass is 16.4. The molecule has 2 fully saturated rings. The second-order valence-corrected chi connectivity index (χ2v) is 7.85. The topological polar surface area (TPSA) is 179 Å². The molecular formula is C19H33N5O6. The van der Waals surface area contributed by atoms with Gasteiger partial charge in [-0.1, -0.05) is 6.42 Å². The highest BCUT2D eigenvalue weighted by Gasteiger charge is 2.43. The second-order valence-electron chi connectivity index (χ2n) is 7.85. The molecule has 0 unspecified atom stereocenters. The Bertz CT molecular complexity index is 645. The monoisotopic (exact) mass is 427 g/mol. The Morgan fingerprint density at radius 1 is 1.03 bits per heavy atom. The number of carbonyl (C=O) groups excluding carboxylic acids is 3. The number of carboxylic acids is 1. The number of nitrogens with two attached hydrogens (primary N) is 2. The second kappa shape index (κ2) is 11.2. The summed E-state index contributed by atoms with van der Waals surface area (Å²) in [6.07, 6.45) is 3.79. The first-order valence-corrected chi connectivity index (χ1v) is 10.5. The molecular weight excluding hydrogens is 394 g/mol. The first-order chi connectivity index (χ1) is 14.3. The molecule has 3 amide bonds. The maximum absolute atomic E-state index is 13.0. The van der Waals surface area contributed by atoms with Crippen molar-refractivity contribution in [1.29, 1.82) is 0 Å². The van der Waals surface area contributed by atoms with Crippen molar-refractivity contribution < 1.29 is 29.4 Å². The lowest BCUT2D eigenvalue weighted by Crippen LogP contribution is -2.57. The van der Waals surface area contributed by atoms with Gasteiger partial charge >= 0.3 is 5.97 Å². The molecule has 2 aliphatic heterocycles. The SMILES string of the molecule is NCCCC[C@H](N)C(=O)N[C@@H](CO)C(=O)N1CCC[C@H]1C(=O)N1CCC[C@H]1C(=O)O. The lowest BCUT2D eigenvalue weighted by Gasteiger charge is -2.32. The van der Waals surface area contributed by atoms with Crippen molar-refractivity contribution in [2.75, 3.05) is 26.2 Å². The van der Waals surface area contributed by atoms with E-state index in [2.05, 4.69) is 5.32 Å². The summed E-state index contributed by atoms with van der Waals surface area (Å²) in [4.78, 5) is 52.2. The quantitative estimate of drug-likeness (QED) is 0.248. The van der Waals surface area contributed by atoms with E-state index in [1.54, 1.807) is 0 Å². The van der Waals surface area contributed by atoms with Crippen LogP contribution in [0.5, 0.6) is 0 Å². The Kier molecular flexibility index (Phi) is 9.00. The first-order valence-electron chi connectivity index (χ1n) is 10.5. The molecule has 11 heteroatoms. The highest BCUT2D eigenvalue weighted by Crippen LogP contribution is 2.25. The molecule has 2 aliphatic rings. The number of unbranched alkanes of at least 4 members (excludes halogenated alkanes) is 1. The van der Waals surface area contributed by atoms with Gasteiger partial charge in [0.05, 0.1) is 12.6 Å². The third-order valence-corrected chi connectivity index (χ3v) is 5.75. The maximum Gasteiger partial charge on any atom is 0.326 e. The van der Waals surface area contributed by atoms with Crippen molar-refractivity contribution >= 4 is 23.7 Å². The zero-order valence-corrected chi connectivity index (χ0v) is 17.2. The first kappa shape index (κ1) is 24.0. The van der Waals surface area contributed by atoms with Crippen LogP contribution >= 0.6 is 0 Å². The molecule has 11 nitrogen and oxygen atoms in total. The maximum atomic E-state index is 13.0. The normalized spacial score (nSPS) is 23.3. The average molecular weight is 428 g/mol. The smallest absolute Gasteiger partial charge is 0.326 e. The lowest BCUT2D eigenvalue weighted by atomic mass is 10.1. The van der Waals surface area contributed by atoms with Gasteiger partial charge in [-0.3, -0.25) is 14.4 Å². The van der Waals surface area contributed by atoms with Gasteiger partial charge in [0.15, 0.2) is 0 Å². The van der Waals surface area contributed by atoms with Crippen molar-refractivity contribution in [3.8, 4) is 0 Å².